The molecule has 2 saturated heterocycles. The standard InChI is InChI=1S/C48H75NO17/c1-28-18-16-14-12-10-8-6-7-9-11-13-15-17-19-35(65-47-45(59)42(49)44(58)31(4)64-47)25-39-41(46(60)61)38(55)27-48(62-5,66-39)26-34(52)23-37(54)36(53)21-20-32(50)22-33(51)24-40(56)63-30(3)29(2)43(28)57/h6-19,28-39,41-45,47,50-55,57-59H,20-27,49H2,1-5H3,(H,60,61)/b7-6+,10-8+,11-9+,14-12+,15-13+,18-16+,19-17+/t28-,29-,30-,31+,32+,33+,34-,35-,36+,37+,38-,39-,41+,42-,43+,44+,45-,47-,48+/m0/s1. The molecule has 0 aliphatic carbocycles. The Balaban J connectivity index is 1.89. The molecule has 18 nitrogen and oxygen atoms in total. The SMILES string of the molecule is CO[C@]12C[C@@H](O)C[C@@H](O)[C@H](O)CC[C@@H](O)C[C@@H](O)CC(=O)O[C@@H](C)[C@H](C)[C@H](O)[C@@H](C)/C=C/C=C/C=C/C=C/C=C/C=C/C=C/[C@H](O[C@@H]3O[C@H](C)[C@@H](O)[C@H](N)[C@@H]3O)C[C@H](O1)[C@H](C(=O)O)[C@@H](O)C2. The normalized spacial score (nSPS) is 45.0. The average Bonchev–Trinajstić information content (AvgIpc) is 3.24. The largest absolute Gasteiger partial charge is 0.481 e. The van der Waals surface area contributed by atoms with Gasteiger partial charge in [-0.15, -0.1) is 0 Å². The molecule has 66 heavy (non-hydrogen) atoms. The molecular weight excluding hydrogens is 863 g/mol. The minimum absolute atomic E-state index is 0.0813. The lowest BCUT2D eigenvalue weighted by atomic mass is 9.82. The van der Waals surface area contributed by atoms with Crippen LogP contribution in [0.5, 0.6) is 0 Å². The van der Waals surface area contributed by atoms with E-state index in [0.29, 0.717) is 0 Å². The lowest BCUT2D eigenvalue weighted by Gasteiger charge is -2.47. The van der Waals surface area contributed by atoms with E-state index in [0.717, 1.165) is 0 Å². The Bertz CT molecular complexity index is 1680. The highest BCUT2D eigenvalue weighted by atomic mass is 16.7. The summed E-state index contributed by atoms with van der Waals surface area (Å²) < 4.78 is 29.3. The number of carboxylic acids is 1. The molecule has 0 aromatic heterocycles. The number of carboxylic acid groups (broad SMARTS) is 1. The second-order valence-electron chi connectivity index (χ2n) is 17.7. The molecule has 19 atom stereocenters. The molecule has 3 aliphatic heterocycles. The van der Waals surface area contributed by atoms with Crippen molar-refractivity contribution >= 4 is 11.9 Å². The first kappa shape index (κ1) is 56.9. The first-order valence-electron chi connectivity index (χ1n) is 22.7. The molecule has 2 bridgehead atoms. The minimum atomic E-state index is -1.78. The number of fused-ring (bicyclic) bond motifs is 2. The highest BCUT2D eigenvalue weighted by molar-refractivity contribution is 5.71. The van der Waals surface area contributed by atoms with Crippen LogP contribution in [-0.4, -0.2) is 168 Å². The Kier molecular flexibility index (Phi) is 24.3. The van der Waals surface area contributed by atoms with Crippen molar-refractivity contribution in [2.75, 3.05) is 7.11 Å². The van der Waals surface area contributed by atoms with Gasteiger partial charge in [0.15, 0.2) is 12.1 Å². The quantitative estimate of drug-likeness (QED) is 0.177. The molecule has 2 fully saturated rings. The third-order valence-electron chi connectivity index (χ3n) is 12.4. The summed E-state index contributed by atoms with van der Waals surface area (Å²) in [6.07, 6.45) is 5.15. The van der Waals surface area contributed by atoms with Crippen LogP contribution < -0.4 is 5.73 Å². The predicted octanol–water partition coefficient (Wildman–Crippen LogP) is 1.37. The van der Waals surface area contributed by atoms with Crippen LogP contribution in [-0.2, 0) is 33.3 Å². The van der Waals surface area contributed by atoms with Crippen molar-refractivity contribution in [1.29, 1.82) is 0 Å². The molecule has 0 aromatic rings. The molecular formula is C48H75NO17. The number of aliphatic hydroxyl groups excluding tert-OH is 9. The number of rotatable bonds is 4. The third-order valence-corrected chi connectivity index (χ3v) is 12.4. The van der Waals surface area contributed by atoms with Crippen LogP contribution in [0.15, 0.2) is 85.1 Å². The summed E-state index contributed by atoms with van der Waals surface area (Å²) in [7, 11) is 1.25. The van der Waals surface area contributed by atoms with Crippen molar-refractivity contribution in [1.82, 2.24) is 0 Å². The molecule has 3 rings (SSSR count). The Labute approximate surface area is 387 Å². The lowest BCUT2D eigenvalue weighted by molar-refractivity contribution is -0.317. The van der Waals surface area contributed by atoms with Gasteiger partial charge in [-0.1, -0.05) is 98.9 Å². The second kappa shape index (κ2) is 28.1. The fraction of sp³-hybridized carbons (Fsp3) is 0.667. The predicted molar refractivity (Wildman–Crippen MR) is 242 cm³/mol. The molecule has 0 radical (unpaired) electrons. The van der Waals surface area contributed by atoms with Crippen LogP contribution in [0, 0.1) is 17.8 Å². The smallest absolute Gasteiger partial charge is 0.311 e. The van der Waals surface area contributed by atoms with Crippen molar-refractivity contribution in [2.24, 2.45) is 23.5 Å². The second-order valence-corrected chi connectivity index (χ2v) is 17.7. The van der Waals surface area contributed by atoms with Crippen molar-refractivity contribution in [3.05, 3.63) is 85.1 Å². The number of methoxy groups -OCH3 is 1. The summed E-state index contributed by atoms with van der Waals surface area (Å²) in [6, 6.07) is -1.13. The molecule has 18 heteroatoms. The van der Waals surface area contributed by atoms with Crippen LogP contribution in [0.3, 0.4) is 0 Å². The van der Waals surface area contributed by atoms with Gasteiger partial charge in [-0.2, -0.15) is 0 Å². The number of esters is 1. The number of aliphatic carboxylic acids is 1. The van der Waals surface area contributed by atoms with Gasteiger partial charge in [0, 0.05) is 44.6 Å². The highest BCUT2D eigenvalue weighted by Crippen LogP contribution is 2.40. The maximum absolute atomic E-state index is 12.6. The van der Waals surface area contributed by atoms with Gasteiger partial charge in [0.1, 0.15) is 18.1 Å². The highest BCUT2D eigenvalue weighted by Gasteiger charge is 2.52. The Hall–Kier alpha value is -3.44. The van der Waals surface area contributed by atoms with E-state index in [-0.39, 0.29) is 38.0 Å². The Morgan fingerprint density at radius 1 is 0.667 bits per heavy atom. The molecule has 0 amide bonds. The monoisotopic (exact) mass is 938 g/mol. The van der Waals surface area contributed by atoms with Crippen LogP contribution in [0.1, 0.15) is 79.1 Å². The summed E-state index contributed by atoms with van der Waals surface area (Å²) in [6.45, 7) is 6.79. The summed E-state index contributed by atoms with van der Waals surface area (Å²) in [4.78, 5) is 25.2. The van der Waals surface area contributed by atoms with E-state index in [9.17, 15) is 60.7 Å². The summed E-state index contributed by atoms with van der Waals surface area (Å²) in [5.41, 5.74) is 6.05. The molecule has 0 spiro atoms. The topological polar surface area (TPSA) is 309 Å². The number of carbonyl (C=O) groups excluding carboxylic acids is 1. The molecule has 3 aliphatic rings. The van der Waals surface area contributed by atoms with Crippen LogP contribution in [0.4, 0.5) is 0 Å². The molecule has 12 N–H and O–H groups in total. The van der Waals surface area contributed by atoms with Gasteiger partial charge in [-0.25, -0.2) is 0 Å². The van der Waals surface area contributed by atoms with Gasteiger partial charge >= 0.3 is 11.9 Å². The number of hydrogen-bond acceptors (Lipinski definition) is 17. The van der Waals surface area contributed by atoms with E-state index >= 15 is 0 Å². The van der Waals surface area contributed by atoms with Crippen molar-refractivity contribution in [3.8, 4) is 0 Å². The summed E-state index contributed by atoms with van der Waals surface area (Å²) >= 11 is 0. The van der Waals surface area contributed by atoms with Crippen LogP contribution >= 0.6 is 0 Å². The number of hydrogen-bond donors (Lipinski definition) is 11. The molecule has 0 unspecified atom stereocenters. The molecule has 0 saturated carbocycles. The number of aliphatic hydroxyl groups is 9. The molecule has 374 valence electrons. The maximum Gasteiger partial charge on any atom is 0.311 e. The Morgan fingerprint density at radius 3 is 1.82 bits per heavy atom. The van der Waals surface area contributed by atoms with Gasteiger partial charge in [-0.3, -0.25) is 9.59 Å². The van der Waals surface area contributed by atoms with Crippen molar-refractivity contribution in [3.63, 3.8) is 0 Å². The zero-order valence-electron chi connectivity index (χ0n) is 38.5. The van der Waals surface area contributed by atoms with Crippen molar-refractivity contribution in [2.45, 2.75) is 177 Å². The van der Waals surface area contributed by atoms with Crippen LogP contribution in [0.2, 0.25) is 0 Å². The number of allylic oxidation sites excluding steroid dienone is 12. The van der Waals surface area contributed by atoms with E-state index < -0.39 is 141 Å². The first-order chi connectivity index (χ1) is 31.2. The van der Waals surface area contributed by atoms with Gasteiger partial charge in [0.25, 0.3) is 0 Å². The number of ether oxygens (including phenoxy) is 5. The fourth-order valence-electron chi connectivity index (χ4n) is 8.16. The summed E-state index contributed by atoms with van der Waals surface area (Å²) in [5, 5.41) is 108. The fourth-order valence-corrected chi connectivity index (χ4v) is 8.16. The maximum atomic E-state index is 12.6. The van der Waals surface area contributed by atoms with E-state index in [4.69, 9.17) is 29.4 Å². The Morgan fingerprint density at radius 2 is 1.24 bits per heavy atom. The van der Waals surface area contributed by atoms with E-state index in [1.807, 2.05) is 37.3 Å². The lowest BCUT2D eigenvalue weighted by Crippen LogP contribution is -2.61. The van der Waals surface area contributed by atoms with Gasteiger partial charge in [0.05, 0.1) is 79.6 Å². The molecule has 3 heterocycles. The zero-order valence-corrected chi connectivity index (χ0v) is 38.5. The number of cyclic esters (lactones) is 1. The average molecular weight is 938 g/mol. The van der Waals surface area contributed by atoms with Crippen LogP contribution in [0.25, 0.3) is 0 Å². The third kappa shape index (κ3) is 18.2. The van der Waals surface area contributed by atoms with Gasteiger partial charge in [-0.05, 0) is 33.1 Å². The number of carbonyl (C=O) groups is 2. The van der Waals surface area contributed by atoms with E-state index in [1.54, 1.807) is 75.5 Å². The van der Waals surface area contributed by atoms with Crippen molar-refractivity contribution < 1.29 is 84.3 Å². The minimum Gasteiger partial charge on any atom is -0.481 e. The van der Waals surface area contributed by atoms with E-state index in [2.05, 4.69) is 0 Å². The van der Waals surface area contributed by atoms with E-state index in [1.165, 1.54) is 7.11 Å². The zero-order chi connectivity index (χ0) is 49.1. The van der Waals surface area contributed by atoms with Gasteiger partial charge < -0.3 is 80.5 Å². The summed E-state index contributed by atoms with van der Waals surface area (Å²) in [5.74, 6) is -6.12. The molecule has 0 aromatic carbocycles. The van der Waals surface area contributed by atoms with Gasteiger partial charge in [0.2, 0.25) is 0 Å². The number of nitrogens with two attached hydrogens (primary N) is 1. The first-order valence-corrected chi connectivity index (χ1v) is 22.7.